The van der Waals surface area contributed by atoms with Gasteiger partial charge in [0.25, 0.3) is 0 Å². The largest absolute Gasteiger partial charge is 0.377 e. The van der Waals surface area contributed by atoms with E-state index in [-0.39, 0.29) is 35.0 Å². The first-order valence-corrected chi connectivity index (χ1v) is 12.6. The smallest absolute Gasteiger partial charge is 0.243 e. The molecule has 0 bridgehead atoms. The van der Waals surface area contributed by atoms with Crippen LogP contribution in [-0.4, -0.2) is 63.9 Å². The molecule has 1 aromatic carbocycles. The maximum atomic E-state index is 13.3. The molecule has 1 aromatic rings. The number of nitrogens with zero attached hydrogens (tertiary/aromatic N) is 1. The molecular formula is C18H26N2O6S2. The molecule has 28 heavy (non-hydrogen) atoms. The van der Waals surface area contributed by atoms with Crippen molar-refractivity contribution >= 4 is 25.8 Å². The van der Waals surface area contributed by atoms with Gasteiger partial charge in [-0.05, 0) is 37.0 Å². The molecule has 8 nitrogen and oxygen atoms in total. The van der Waals surface area contributed by atoms with Gasteiger partial charge in [0.15, 0.2) is 9.84 Å². The average Bonchev–Trinajstić information content (AvgIpc) is 3.27. The lowest BCUT2D eigenvalue weighted by atomic mass is 10.2. The Morgan fingerprint density at radius 3 is 2.50 bits per heavy atom. The lowest BCUT2D eigenvalue weighted by Crippen LogP contribution is -2.45. The maximum absolute atomic E-state index is 13.3. The van der Waals surface area contributed by atoms with E-state index in [9.17, 15) is 21.6 Å². The van der Waals surface area contributed by atoms with Crippen LogP contribution in [0.15, 0.2) is 29.2 Å². The fourth-order valence-corrected chi connectivity index (χ4v) is 7.09. The highest BCUT2D eigenvalue weighted by atomic mass is 32.2. The number of amides is 1. The predicted molar refractivity (Wildman–Crippen MR) is 104 cm³/mol. The van der Waals surface area contributed by atoms with Crippen LogP contribution in [0.1, 0.15) is 31.7 Å². The first kappa shape index (κ1) is 21.2. The Balaban J connectivity index is 1.83. The zero-order valence-electron chi connectivity index (χ0n) is 15.8. The molecule has 1 amide bonds. The van der Waals surface area contributed by atoms with Crippen LogP contribution >= 0.6 is 0 Å². The Labute approximate surface area is 166 Å². The van der Waals surface area contributed by atoms with Crippen LogP contribution in [0.4, 0.5) is 0 Å². The van der Waals surface area contributed by atoms with Gasteiger partial charge in [-0.3, -0.25) is 4.79 Å². The van der Waals surface area contributed by atoms with Crippen LogP contribution in [0.3, 0.4) is 0 Å². The lowest BCUT2D eigenvalue weighted by molar-refractivity contribution is -0.119. The van der Waals surface area contributed by atoms with Gasteiger partial charge in [-0.1, -0.05) is 12.1 Å². The molecule has 0 saturated carbocycles. The molecule has 2 saturated heterocycles. The minimum Gasteiger partial charge on any atom is -0.377 e. The Morgan fingerprint density at radius 2 is 1.96 bits per heavy atom. The summed E-state index contributed by atoms with van der Waals surface area (Å²) in [6, 6.07) is 5.73. The van der Waals surface area contributed by atoms with E-state index in [2.05, 4.69) is 5.32 Å². The van der Waals surface area contributed by atoms with Crippen molar-refractivity contribution in [2.45, 2.75) is 49.8 Å². The van der Waals surface area contributed by atoms with Crippen LogP contribution in [0.5, 0.6) is 0 Å². The van der Waals surface area contributed by atoms with Crippen LogP contribution in [0, 0.1) is 0 Å². The Hall–Kier alpha value is -1.49. The van der Waals surface area contributed by atoms with Crippen molar-refractivity contribution in [3.63, 3.8) is 0 Å². The van der Waals surface area contributed by atoms with Gasteiger partial charge in [0.2, 0.25) is 15.9 Å². The van der Waals surface area contributed by atoms with Crippen LogP contribution in [0.2, 0.25) is 0 Å². The number of hydrogen-bond acceptors (Lipinski definition) is 6. The molecule has 1 N–H and O–H groups in total. The van der Waals surface area contributed by atoms with E-state index in [1.54, 1.807) is 12.1 Å². The summed E-state index contributed by atoms with van der Waals surface area (Å²) < 4.78 is 57.4. The van der Waals surface area contributed by atoms with E-state index in [1.807, 2.05) is 0 Å². The molecule has 0 aromatic heterocycles. The molecule has 2 fully saturated rings. The second kappa shape index (κ2) is 8.48. The minimum atomic E-state index is -3.87. The summed E-state index contributed by atoms with van der Waals surface area (Å²) >= 11 is 0. The normalized spacial score (nSPS) is 24.5. The van der Waals surface area contributed by atoms with E-state index in [0.717, 1.165) is 18.4 Å². The van der Waals surface area contributed by atoms with Gasteiger partial charge in [-0.15, -0.1) is 0 Å². The summed E-state index contributed by atoms with van der Waals surface area (Å²) in [6.45, 7) is 2.49. The van der Waals surface area contributed by atoms with Gasteiger partial charge in [0, 0.05) is 32.7 Å². The molecule has 2 aliphatic heterocycles. The summed E-state index contributed by atoms with van der Waals surface area (Å²) in [5.41, 5.74) is 0.781. The number of carbonyl (C=O) groups is 1. The Kier molecular flexibility index (Phi) is 6.43. The van der Waals surface area contributed by atoms with Gasteiger partial charge in [0.1, 0.15) is 0 Å². The number of sulfonamides is 1. The summed E-state index contributed by atoms with van der Waals surface area (Å²) in [5, 5.41) is 2.66. The number of carbonyl (C=O) groups excluding carboxylic acids is 1. The van der Waals surface area contributed by atoms with Crippen molar-refractivity contribution < 1.29 is 26.4 Å². The van der Waals surface area contributed by atoms with Crippen molar-refractivity contribution in [1.29, 1.82) is 0 Å². The molecule has 0 aliphatic carbocycles. The fourth-order valence-electron chi connectivity index (χ4n) is 3.58. The average molecular weight is 431 g/mol. The molecule has 10 heteroatoms. The zero-order chi connectivity index (χ0) is 20.4. The van der Waals surface area contributed by atoms with E-state index in [1.165, 1.54) is 23.4 Å². The molecule has 3 rings (SSSR count). The number of hydrogen-bond donors (Lipinski definition) is 1. The van der Waals surface area contributed by atoms with Crippen molar-refractivity contribution in [2.75, 3.05) is 24.7 Å². The quantitative estimate of drug-likeness (QED) is 0.681. The highest BCUT2D eigenvalue weighted by Gasteiger charge is 2.40. The number of sulfone groups is 1. The standard InChI is InChI=1S/C18H26N2O6S2/c1-14(21)19-11-15-4-6-18(7-5-15)28(24,25)20(12-17-3-2-9-26-17)16-8-10-27(22,23)13-16/h4-7,16-17H,2-3,8-13H2,1H3,(H,19,21)/t16-,17+/m0/s1. The molecule has 2 heterocycles. The van der Waals surface area contributed by atoms with Crippen LogP contribution < -0.4 is 5.32 Å². The zero-order valence-corrected chi connectivity index (χ0v) is 17.5. The van der Waals surface area contributed by atoms with Crippen molar-refractivity contribution in [3.8, 4) is 0 Å². The van der Waals surface area contributed by atoms with Gasteiger partial charge >= 0.3 is 0 Å². The number of rotatable bonds is 7. The van der Waals surface area contributed by atoms with Gasteiger partial charge in [-0.25, -0.2) is 16.8 Å². The summed E-state index contributed by atoms with van der Waals surface area (Å²) in [4.78, 5) is 11.1. The third-order valence-corrected chi connectivity index (χ3v) is 8.78. The van der Waals surface area contributed by atoms with E-state index >= 15 is 0 Å². The molecule has 0 spiro atoms. The van der Waals surface area contributed by atoms with E-state index < -0.39 is 25.9 Å². The number of nitrogens with one attached hydrogen (secondary N) is 1. The first-order valence-electron chi connectivity index (χ1n) is 9.35. The second-order valence-corrected chi connectivity index (χ2v) is 11.4. The number of ether oxygens (including phenoxy) is 1. The van der Waals surface area contributed by atoms with Crippen molar-refractivity contribution in [3.05, 3.63) is 29.8 Å². The minimum absolute atomic E-state index is 0.00483. The molecule has 0 radical (unpaired) electrons. The van der Waals surface area contributed by atoms with Crippen LogP contribution in [-0.2, 0) is 35.9 Å². The Morgan fingerprint density at radius 1 is 1.25 bits per heavy atom. The SMILES string of the molecule is CC(=O)NCc1ccc(S(=O)(=O)N(C[C@H]2CCCO2)[C@H]2CCS(=O)(=O)C2)cc1. The van der Waals surface area contributed by atoms with Gasteiger partial charge < -0.3 is 10.1 Å². The summed E-state index contributed by atoms with van der Waals surface area (Å²) in [6.07, 6.45) is 1.73. The maximum Gasteiger partial charge on any atom is 0.243 e. The van der Waals surface area contributed by atoms with Crippen molar-refractivity contribution in [2.24, 2.45) is 0 Å². The van der Waals surface area contributed by atoms with Gasteiger partial charge in [-0.2, -0.15) is 4.31 Å². The van der Waals surface area contributed by atoms with E-state index in [0.29, 0.717) is 19.6 Å². The number of benzene rings is 1. The predicted octanol–water partition coefficient (Wildman–Crippen LogP) is 0.680. The highest BCUT2D eigenvalue weighted by Crippen LogP contribution is 2.27. The summed E-state index contributed by atoms with van der Waals surface area (Å²) in [5.74, 6) is -0.313. The molecule has 2 aliphatic rings. The fraction of sp³-hybridized carbons (Fsp3) is 0.611. The van der Waals surface area contributed by atoms with E-state index in [4.69, 9.17) is 4.74 Å². The Bertz CT molecular complexity index is 906. The third kappa shape index (κ3) is 5.11. The molecule has 156 valence electrons. The van der Waals surface area contributed by atoms with Gasteiger partial charge in [0.05, 0.1) is 22.5 Å². The molecule has 0 unspecified atom stereocenters. The molecular weight excluding hydrogens is 404 g/mol. The monoisotopic (exact) mass is 430 g/mol. The topological polar surface area (TPSA) is 110 Å². The second-order valence-electron chi connectivity index (χ2n) is 7.32. The summed E-state index contributed by atoms with van der Waals surface area (Å²) in [7, 11) is -7.09. The highest BCUT2D eigenvalue weighted by molar-refractivity contribution is 7.92. The lowest BCUT2D eigenvalue weighted by Gasteiger charge is -2.29. The van der Waals surface area contributed by atoms with Crippen molar-refractivity contribution in [1.82, 2.24) is 9.62 Å². The first-order chi connectivity index (χ1) is 13.2. The molecule has 2 atom stereocenters. The van der Waals surface area contributed by atoms with Crippen LogP contribution in [0.25, 0.3) is 0 Å². The third-order valence-electron chi connectivity index (χ3n) is 5.09.